The number of carbonyl (C=O) groups is 3. The number of carbonyl (C=O) groups excluding carboxylic acids is 3. The van der Waals surface area contributed by atoms with Crippen molar-refractivity contribution in [1.29, 1.82) is 0 Å². The van der Waals surface area contributed by atoms with Crippen molar-refractivity contribution in [2.75, 3.05) is 27.3 Å². The molecule has 1 aromatic rings. The third-order valence-corrected chi connectivity index (χ3v) is 3.80. The molecule has 0 heterocycles. The van der Waals surface area contributed by atoms with Gasteiger partial charge >= 0.3 is 11.9 Å². The summed E-state index contributed by atoms with van der Waals surface area (Å²) >= 11 is 3.31. The molecule has 0 aliphatic rings. The number of ether oxygens (including phenoxy) is 2. The van der Waals surface area contributed by atoms with Gasteiger partial charge in [0.2, 0.25) is 0 Å². The van der Waals surface area contributed by atoms with Crippen LogP contribution in [0.15, 0.2) is 22.7 Å². The molecule has 0 fully saturated rings. The summed E-state index contributed by atoms with van der Waals surface area (Å²) in [7, 11) is 2.57. The summed E-state index contributed by atoms with van der Waals surface area (Å²) in [5, 5.41) is 0. The number of nitrogens with zero attached hydrogens (tertiary/aromatic N) is 1. The number of benzene rings is 1. The van der Waals surface area contributed by atoms with Crippen molar-refractivity contribution in [3.8, 4) is 0 Å². The summed E-state index contributed by atoms with van der Waals surface area (Å²) < 4.78 is 10.1. The lowest BCUT2D eigenvalue weighted by atomic mass is 10.1. The van der Waals surface area contributed by atoms with Gasteiger partial charge in [0.1, 0.15) is 0 Å². The van der Waals surface area contributed by atoms with Crippen molar-refractivity contribution in [2.24, 2.45) is 5.92 Å². The molecule has 1 aromatic carbocycles. The van der Waals surface area contributed by atoms with Crippen LogP contribution in [0.25, 0.3) is 0 Å². The Morgan fingerprint density at radius 3 is 2.33 bits per heavy atom. The molecule has 7 heteroatoms. The Labute approximate surface area is 150 Å². The first-order valence-electron chi connectivity index (χ1n) is 7.54. The molecular formula is C17H22BrNO5. The lowest BCUT2D eigenvalue weighted by Crippen LogP contribution is -2.37. The molecule has 0 spiro atoms. The number of halogens is 1. The molecule has 132 valence electrons. The van der Waals surface area contributed by atoms with Crippen LogP contribution < -0.4 is 0 Å². The number of rotatable bonds is 7. The topological polar surface area (TPSA) is 72.9 Å². The molecule has 0 aromatic heterocycles. The molecule has 24 heavy (non-hydrogen) atoms. The molecule has 1 amide bonds. The van der Waals surface area contributed by atoms with Crippen LogP contribution in [0.4, 0.5) is 0 Å². The van der Waals surface area contributed by atoms with E-state index in [9.17, 15) is 14.4 Å². The number of amides is 1. The average Bonchev–Trinajstić information content (AvgIpc) is 2.56. The summed E-state index contributed by atoms with van der Waals surface area (Å²) in [4.78, 5) is 37.8. The molecule has 0 aliphatic heterocycles. The van der Waals surface area contributed by atoms with E-state index in [1.54, 1.807) is 17.0 Å². The Morgan fingerprint density at radius 2 is 1.79 bits per heavy atom. The third kappa shape index (κ3) is 5.63. The van der Waals surface area contributed by atoms with E-state index in [0.29, 0.717) is 11.0 Å². The van der Waals surface area contributed by atoms with Crippen molar-refractivity contribution < 1.29 is 23.9 Å². The first-order chi connectivity index (χ1) is 11.3. The summed E-state index contributed by atoms with van der Waals surface area (Å²) in [6, 6.07) is 4.79. The molecule has 0 saturated carbocycles. The molecule has 0 aliphatic carbocycles. The van der Waals surface area contributed by atoms with Gasteiger partial charge in [-0.15, -0.1) is 0 Å². The van der Waals surface area contributed by atoms with Gasteiger partial charge in [0.15, 0.2) is 0 Å². The maximum Gasteiger partial charge on any atom is 0.338 e. The highest BCUT2D eigenvalue weighted by molar-refractivity contribution is 9.10. The maximum absolute atomic E-state index is 12.9. The first-order valence-corrected chi connectivity index (χ1v) is 8.33. The molecule has 0 atom stereocenters. The fraction of sp³-hybridized carbons (Fsp3) is 0.471. The van der Waals surface area contributed by atoms with Gasteiger partial charge < -0.3 is 14.4 Å². The van der Waals surface area contributed by atoms with E-state index < -0.39 is 5.97 Å². The minimum absolute atomic E-state index is 0.0938. The molecule has 0 saturated heterocycles. The second-order valence-corrected chi connectivity index (χ2v) is 6.57. The largest absolute Gasteiger partial charge is 0.469 e. The standard InChI is InChI=1S/C17H22BrNO5/c1-11(2)10-19(8-7-15(20)23-3)16(21)14-9-12(18)5-6-13(14)17(22)24-4/h5-6,9,11H,7-8,10H2,1-4H3. The highest BCUT2D eigenvalue weighted by Crippen LogP contribution is 2.20. The summed E-state index contributed by atoms with van der Waals surface area (Å²) in [5.74, 6) is -1.09. The van der Waals surface area contributed by atoms with Crippen molar-refractivity contribution in [1.82, 2.24) is 4.90 Å². The smallest absolute Gasteiger partial charge is 0.338 e. The Balaban J connectivity index is 3.14. The number of hydrogen-bond donors (Lipinski definition) is 0. The van der Waals surface area contributed by atoms with Gasteiger partial charge in [-0.2, -0.15) is 0 Å². The summed E-state index contributed by atoms with van der Waals surface area (Å²) in [5.41, 5.74) is 0.430. The zero-order valence-electron chi connectivity index (χ0n) is 14.3. The van der Waals surface area contributed by atoms with E-state index in [1.807, 2.05) is 13.8 Å². The normalized spacial score (nSPS) is 10.4. The Kier molecular flexibility index (Phi) is 7.91. The minimum Gasteiger partial charge on any atom is -0.469 e. The SMILES string of the molecule is COC(=O)CCN(CC(C)C)C(=O)c1cc(Br)ccc1C(=O)OC. The Hall–Kier alpha value is -1.89. The number of hydrogen-bond acceptors (Lipinski definition) is 5. The second kappa shape index (κ2) is 9.42. The zero-order chi connectivity index (χ0) is 18.3. The Morgan fingerprint density at radius 1 is 1.12 bits per heavy atom. The minimum atomic E-state index is -0.580. The summed E-state index contributed by atoms with van der Waals surface area (Å²) in [6.45, 7) is 4.63. The molecule has 0 radical (unpaired) electrons. The quantitative estimate of drug-likeness (QED) is 0.659. The van der Waals surface area contributed by atoms with Crippen LogP contribution in [0.5, 0.6) is 0 Å². The van der Waals surface area contributed by atoms with Gasteiger partial charge in [0.05, 0.1) is 31.8 Å². The van der Waals surface area contributed by atoms with Crippen LogP contribution in [-0.2, 0) is 14.3 Å². The molecule has 6 nitrogen and oxygen atoms in total. The molecular weight excluding hydrogens is 378 g/mol. The monoisotopic (exact) mass is 399 g/mol. The van der Waals surface area contributed by atoms with E-state index in [2.05, 4.69) is 20.7 Å². The van der Waals surface area contributed by atoms with E-state index in [4.69, 9.17) is 4.74 Å². The van der Waals surface area contributed by atoms with Crippen molar-refractivity contribution >= 4 is 33.8 Å². The van der Waals surface area contributed by atoms with E-state index in [1.165, 1.54) is 20.3 Å². The van der Waals surface area contributed by atoms with E-state index in [-0.39, 0.29) is 41.9 Å². The van der Waals surface area contributed by atoms with Crippen LogP contribution in [0.2, 0.25) is 0 Å². The highest BCUT2D eigenvalue weighted by Gasteiger charge is 2.24. The second-order valence-electron chi connectivity index (χ2n) is 5.65. The molecule has 0 bridgehead atoms. The highest BCUT2D eigenvalue weighted by atomic mass is 79.9. The van der Waals surface area contributed by atoms with Crippen LogP contribution in [0.1, 0.15) is 41.0 Å². The van der Waals surface area contributed by atoms with Crippen molar-refractivity contribution in [2.45, 2.75) is 20.3 Å². The van der Waals surface area contributed by atoms with E-state index in [0.717, 1.165) is 0 Å². The predicted octanol–water partition coefficient (Wildman–Crippen LogP) is 2.90. The lowest BCUT2D eigenvalue weighted by Gasteiger charge is -2.25. The fourth-order valence-electron chi connectivity index (χ4n) is 2.20. The lowest BCUT2D eigenvalue weighted by molar-refractivity contribution is -0.140. The van der Waals surface area contributed by atoms with Gasteiger partial charge in [-0.05, 0) is 24.1 Å². The van der Waals surface area contributed by atoms with Crippen LogP contribution in [-0.4, -0.2) is 50.1 Å². The zero-order valence-corrected chi connectivity index (χ0v) is 15.9. The fourth-order valence-corrected chi connectivity index (χ4v) is 2.56. The number of methoxy groups -OCH3 is 2. The maximum atomic E-state index is 12.9. The number of esters is 2. The summed E-state index contributed by atoms with van der Waals surface area (Å²) in [6.07, 6.45) is 0.0938. The first kappa shape index (κ1) is 20.2. The van der Waals surface area contributed by atoms with Crippen LogP contribution in [0, 0.1) is 5.92 Å². The van der Waals surface area contributed by atoms with Gasteiger partial charge in [0.25, 0.3) is 5.91 Å². The average molecular weight is 400 g/mol. The van der Waals surface area contributed by atoms with Crippen molar-refractivity contribution in [3.63, 3.8) is 0 Å². The van der Waals surface area contributed by atoms with Crippen LogP contribution in [0.3, 0.4) is 0 Å². The van der Waals surface area contributed by atoms with Gasteiger partial charge in [0, 0.05) is 17.6 Å². The Bertz CT molecular complexity index is 615. The van der Waals surface area contributed by atoms with Gasteiger partial charge in [-0.3, -0.25) is 9.59 Å². The molecule has 0 N–H and O–H groups in total. The molecule has 1 rings (SSSR count). The van der Waals surface area contributed by atoms with Gasteiger partial charge in [-0.25, -0.2) is 4.79 Å². The molecule has 0 unspecified atom stereocenters. The van der Waals surface area contributed by atoms with Gasteiger partial charge in [-0.1, -0.05) is 29.8 Å². The predicted molar refractivity (Wildman–Crippen MR) is 92.9 cm³/mol. The van der Waals surface area contributed by atoms with Crippen LogP contribution >= 0.6 is 15.9 Å². The third-order valence-electron chi connectivity index (χ3n) is 3.30. The van der Waals surface area contributed by atoms with E-state index >= 15 is 0 Å². The van der Waals surface area contributed by atoms with Crippen molar-refractivity contribution in [3.05, 3.63) is 33.8 Å².